The molecular weight excluding hydrogens is 532 g/mol. The number of nitrogens with one attached hydrogen (secondary N) is 2. The van der Waals surface area contributed by atoms with Crippen LogP contribution in [0.15, 0.2) is 121 Å². The lowest BCUT2D eigenvalue weighted by molar-refractivity contribution is 0.795. The van der Waals surface area contributed by atoms with Gasteiger partial charge >= 0.3 is 0 Å². The Morgan fingerprint density at radius 2 is 0.614 bits per heavy atom. The van der Waals surface area contributed by atoms with E-state index in [9.17, 15) is 0 Å². The summed E-state index contributed by atoms with van der Waals surface area (Å²) in [5, 5.41) is 7.01. The van der Waals surface area contributed by atoms with E-state index in [2.05, 4.69) is 170 Å². The number of hydrogen-bond donors (Lipinski definition) is 2. The second-order valence-electron chi connectivity index (χ2n) is 11.4. The maximum Gasteiger partial charge on any atom is 0.0384 e. The number of benzene rings is 5. The average molecular weight is 577 g/mol. The van der Waals surface area contributed by atoms with Gasteiger partial charge in [-0.3, -0.25) is 0 Å². The number of unbranched alkanes of at least 4 members (excludes halogenated alkanes) is 2. The fraction of sp³-hybridized carbons (Fsp3) is 0.190. The molecule has 0 amide bonds. The Labute approximate surface area is 264 Å². The van der Waals surface area contributed by atoms with E-state index in [-0.39, 0.29) is 0 Å². The largest absolute Gasteiger partial charge is 0.356 e. The summed E-state index contributed by atoms with van der Waals surface area (Å²) in [6.07, 6.45) is 15.9. The standard InChI is InChI=1S/C42H44N2/c1-3-5-7-33-17-25-39(26-18-33)43-41-29-21-37(22-30-41)15-13-35-9-11-36(12-10-35)14-16-38-23-31-42(32-24-38)44-40-27-19-34(20-28-40)8-6-4-2/h9-32,43-44H,3-8H2,1-2H3. The Morgan fingerprint density at radius 1 is 0.364 bits per heavy atom. The molecule has 0 aliphatic carbocycles. The van der Waals surface area contributed by atoms with Gasteiger partial charge in [0.1, 0.15) is 0 Å². The van der Waals surface area contributed by atoms with Crippen molar-refractivity contribution in [1.82, 2.24) is 0 Å². The molecule has 0 heterocycles. The van der Waals surface area contributed by atoms with Gasteiger partial charge in [-0.1, -0.05) is 124 Å². The molecule has 2 heteroatoms. The minimum atomic E-state index is 1.10. The van der Waals surface area contributed by atoms with E-state index < -0.39 is 0 Å². The highest BCUT2D eigenvalue weighted by Crippen LogP contribution is 2.21. The van der Waals surface area contributed by atoms with Crippen molar-refractivity contribution in [2.45, 2.75) is 52.4 Å². The minimum absolute atomic E-state index is 1.10. The molecule has 2 nitrogen and oxygen atoms in total. The van der Waals surface area contributed by atoms with Gasteiger partial charge in [0.2, 0.25) is 0 Å². The normalized spacial score (nSPS) is 11.3. The third-order valence-corrected chi connectivity index (χ3v) is 7.82. The van der Waals surface area contributed by atoms with Gasteiger partial charge in [-0.25, -0.2) is 0 Å². The zero-order valence-corrected chi connectivity index (χ0v) is 26.1. The maximum atomic E-state index is 3.50. The molecule has 5 aromatic carbocycles. The lowest BCUT2D eigenvalue weighted by atomic mass is 10.1. The van der Waals surface area contributed by atoms with Gasteiger partial charge in [0.25, 0.3) is 0 Å². The van der Waals surface area contributed by atoms with Gasteiger partial charge in [-0.15, -0.1) is 0 Å². The summed E-state index contributed by atoms with van der Waals surface area (Å²) in [4.78, 5) is 0. The molecule has 0 fully saturated rings. The molecule has 0 bridgehead atoms. The molecular formula is C42H44N2. The van der Waals surface area contributed by atoms with E-state index >= 15 is 0 Å². The number of anilines is 4. The van der Waals surface area contributed by atoms with E-state index in [4.69, 9.17) is 0 Å². The van der Waals surface area contributed by atoms with Gasteiger partial charge < -0.3 is 10.6 Å². The van der Waals surface area contributed by atoms with E-state index in [1.807, 2.05) is 0 Å². The predicted molar refractivity (Wildman–Crippen MR) is 194 cm³/mol. The average Bonchev–Trinajstić information content (AvgIpc) is 3.07. The van der Waals surface area contributed by atoms with Crippen molar-refractivity contribution in [2.75, 3.05) is 10.6 Å². The number of aryl methyl sites for hydroxylation is 2. The molecule has 0 saturated carbocycles. The van der Waals surface area contributed by atoms with E-state index in [0.717, 1.165) is 35.6 Å². The molecule has 5 aromatic rings. The second kappa shape index (κ2) is 16.1. The van der Waals surface area contributed by atoms with Crippen LogP contribution in [0.5, 0.6) is 0 Å². The first-order chi connectivity index (χ1) is 21.7. The second-order valence-corrected chi connectivity index (χ2v) is 11.4. The Bertz CT molecular complexity index is 1480. The van der Waals surface area contributed by atoms with Crippen molar-refractivity contribution < 1.29 is 0 Å². The molecule has 0 spiro atoms. The molecule has 0 aliphatic rings. The molecule has 0 saturated heterocycles. The lowest BCUT2D eigenvalue weighted by Gasteiger charge is -2.08. The molecule has 0 aliphatic heterocycles. The van der Waals surface area contributed by atoms with Gasteiger partial charge in [0.05, 0.1) is 0 Å². The van der Waals surface area contributed by atoms with Gasteiger partial charge in [-0.2, -0.15) is 0 Å². The predicted octanol–water partition coefficient (Wildman–Crippen LogP) is 12.2. The van der Waals surface area contributed by atoms with Crippen molar-refractivity contribution >= 4 is 47.1 Å². The van der Waals surface area contributed by atoms with Crippen LogP contribution in [0.2, 0.25) is 0 Å². The highest BCUT2D eigenvalue weighted by Gasteiger charge is 1.99. The molecule has 0 atom stereocenters. The molecule has 0 aromatic heterocycles. The van der Waals surface area contributed by atoms with Crippen LogP contribution in [0.1, 0.15) is 72.9 Å². The molecule has 0 unspecified atom stereocenters. The van der Waals surface area contributed by atoms with E-state index in [1.165, 1.54) is 59.1 Å². The molecule has 2 N–H and O–H groups in total. The molecule has 0 radical (unpaired) electrons. The molecule has 222 valence electrons. The quantitative estimate of drug-likeness (QED) is 0.128. The fourth-order valence-corrected chi connectivity index (χ4v) is 5.06. The van der Waals surface area contributed by atoms with Crippen LogP contribution in [0.3, 0.4) is 0 Å². The number of rotatable bonds is 14. The summed E-state index contributed by atoms with van der Waals surface area (Å²) >= 11 is 0. The summed E-state index contributed by atoms with van der Waals surface area (Å²) in [5.41, 5.74) is 12.0. The summed E-state index contributed by atoms with van der Waals surface area (Å²) in [6.45, 7) is 4.47. The van der Waals surface area contributed by atoms with Crippen molar-refractivity contribution in [3.05, 3.63) is 155 Å². The third kappa shape index (κ3) is 9.61. The third-order valence-electron chi connectivity index (χ3n) is 7.82. The van der Waals surface area contributed by atoms with Gasteiger partial charge in [0.15, 0.2) is 0 Å². The van der Waals surface area contributed by atoms with E-state index in [0.29, 0.717) is 0 Å². The van der Waals surface area contributed by atoms with Gasteiger partial charge in [-0.05, 0) is 108 Å². The van der Waals surface area contributed by atoms with Crippen molar-refractivity contribution in [1.29, 1.82) is 0 Å². The maximum absolute atomic E-state index is 3.50. The Balaban J connectivity index is 1.09. The van der Waals surface area contributed by atoms with Crippen LogP contribution in [-0.4, -0.2) is 0 Å². The van der Waals surface area contributed by atoms with Crippen molar-refractivity contribution in [3.63, 3.8) is 0 Å². The number of hydrogen-bond acceptors (Lipinski definition) is 2. The minimum Gasteiger partial charge on any atom is -0.356 e. The Hall–Kier alpha value is -4.82. The summed E-state index contributed by atoms with van der Waals surface area (Å²) < 4.78 is 0. The zero-order chi connectivity index (χ0) is 30.4. The topological polar surface area (TPSA) is 24.1 Å². The summed E-state index contributed by atoms with van der Waals surface area (Å²) in [6, 6.07) is 43.3. The van der Waals surface area contributed by atoms with Crippen molar-refractivity contribution in [2.24, 2.45) is 0 Å². The van der Waals surface area contributed by atoms with E-state index in [1.54, 1.807) is 0 Å². The van der Waals surface area contributed by atoms with Crippen LogP contribution in [0, 0.1) is 0 Å². The smallest absolute Gasteiger partial charge is 0.0384 e. The monoisotopic (exact) mass is 576 g/mol. The zero-order valence-electron chi connectivity index (χ0n) is 26.1. The van der Waals surface area contributed by atoms with Crippen LogP contribution >= 0.6 is 0 Å². The first-order valence-electron chi connectivity index (χ1n) is 16.0. The van der Waals surface area contributed by atoms with Crippen molar-refractivity contribution in [3.8, 4) is 0 Å². The molecule has 44 heavy (non-hydrogen) atoms. The summed E-state index contributed by atoms with van der Waals surface area (Å²) in [7, 11) is 0. The first kappa shape index (κ1) is 30.6. The van der Waals surface area contributed by atoms with Gasteiger partial charge in [0, 0.05) is 22.7 Å². The Morgan fingerprint density at radius 3 is 0.886 bits per heavy atom. The van der Waals surface area contributed by atoms with Crippen LogP contribution in [0.4, 0.5) is 22.7 Å². The summed E-state index contributed by atoms with van der Waals surface area (Å²) in [5.74, 6) is 0. The lowest BCUT2D eigenvalue weighted by Crippen LogP contribution is -1.91. The van der Waals surface area contributed by atoms with Crippen LogP contribution < -0.4 is 10.6 Å². The van der Waals surface area contributed by atoms with Crippen LogP contribution in [-0.2, 0) is 12.8 Å². The first-order valence-corrected chi connectivity index (χ1v) is 16.0. The fourth-order valence-electron chi connectivity index (χ4n) is 5.06. The Kier molecular flexibility index (Phi) is 11.2. The van der Waals surface area contributed by atoms with Crippen LogP contribution in [0.25, 0.3) is 24.3 Å². The molecule has 5 rings (SSSR count). The highest BCUT2D eigenvalue weighted by molar-refractivity contribution is 5.74. The SMILES string of the molecule is CCCCc1ccc(Nc2ccc(C=Cc3ccc(C=Cc4ccc(Nc5ccc(CCCC)cc5)cc4)cc3)cc2)cc1. The highest BCUT2D eigenvalue weighted by atomic mass is 14.9.